The van der Waals surface area contributed by atoms with E-state index in [1.165, 1.54) is 7.11 Å². The lowest BCUT2D eigenvalue weighted by atomic mass is 10.2. The summed E-state index contributed by atoms with van der Waals surface area (Å²) in [4.78, 5) is 21.5. The van der Waals surface area contributed by atoms with Gasteiger partial charge in [0, 0.05) is 0 Å². The van der Waals surface area contributed by atoms with Crippen molar-refractivity contribution in [1.29, 1.82) is 0 Å². The van der Waals surface area contributed by atoms with Crippen LogP contribution in [0.1, 0.15) is 19.3 Å². The molecule has 1 fully saturated rings. The molecule has 1 heterocycles. The summed E-state index contributed by atoms with van der Waals surface area (Å²) in [6.45, 7) is 0. The summed E-state index contributed by atoms with van der Waals surface area (Å²) in [7, 11) is -2.25. The monoisotopic (exact) mass is 280 g/mol. The fourth-order valence-electron chi connectivity index (χ4n) is 1.72. The molecule has 8 heteroatoms. The summed E-state index contributed by atoms with van der Waals surface area (Å²) < 4.78 is 32.7. The van der Waals surface area contributed by atoms with Crippen molar-refractivity contribution < 1.29 is 32.6 Å². The summed E-state index contributed by atoms with van der Waals surface area (Å²) >= 11 is 0. The SMILES string of the molecule is COC(=O)CCS(=O)(=O)CC1CCC(C(=O)O)O1. The number of aliphatic carboxylic acids is 1. The van der Waals surface area contributed by atoms with Gasteiger partial charge in [-0.25, -0.2) is 13.2 Å². The molecule has 1 aliphatic rings. The van der Waals surface area contributed by atoms with Crippen molar-refractivity contribution in [3.8, 4) is 0 Å². The molecule has 0 spiro atoms. The summed E-state index contributed by atoms with van der Waals surface area (Å²) in [6, 6.07) is 0. The number of methoxy groups -OCH3 is 1. The molecule has 1 saturated heterocycles. The Balaban J connectivity index is 2.42. The fraction of sp³-hybridized carbons (Fsp3) is 0.800. The van der Waals surface area contributed by atoms with Crippen LogP contribution in [0.2, 0.25) is 0 Å². The summed E-state index contributed by atoms with van der Waals surface area (Å²) in [5, 5.41) is 8.70. The lowest BCUT2D eigenvalue weighted by molar-refractivity contribution is -0.149. The van der Waals surface area contributed by atoms with Gasteiger partial charge in [0.2, 0.25) is 0 Å². The first-order chi connectivity index (χ1) is 8.34. The summed E-state index contributed by atoms with van der Waals surface area (Å²) in [6.07, 6.45) is -1.02. The maximum absolute atomic E-state index is 11.6. The van der Waals surface area contributed by atoms with E-state index < -0.39 is 34.0 Å². The Kier molecular flexibility index (Phi) is 5.09. The molecule has 0 saturated carbocycles. The second-order valence-corrected chi connectivity index (χ2v) is 6.33. The maximum atomic E-state index is 11.6. The number of carbonyl (C=O) groups is 2. The number of carboxylic acids is 1. The highest BCUT2D eigenvalue weighted by Gasteiger charge is 2.33. The summed E-state index contributed by atoms with van der Waals surface area (Å²) in [5.74, 6) is -2.23. The molecule has 7 nitrogen and oxygen atoms in total. The van der Waals surface area contributed by atoms with E-state index in [2.05, 4.69) is 4.74 Å². The average Bonchev–Trinajstić information content (AvgIpc) is 2.73. The molecule has 18 heavy (non-hydrogen) atoms. The predicted molar refractivity (Wildman–Crippen MR) is 60.8 cm³/mol. The molecule has 0 bridgehead atoms. The summed E-state index contributed by atoms with van der Waals surface area (Å²) in [5.41, 5.74) is 0. The highest BCUT2D eigenvalue weighted by Crippen LogP contribution is 2.21. The van der Waals surface area contributed by atoms with Crippen LogP contribution in [-0.4, -0.2) is 56.3 Å². The fourth-order valence-corrected chi connectivity index (χ4v) is 3.17. The molecule has 0 aromatic heterocycles. The minimum Gasteiger partial charge on any atom is -0.479 e. The van der Waals surface area contributed by atoms with Gasteiger partial charge in [0.25, 0.3) is 0 Å². The number of rotatable bonds is 6. The van der Waals surface area contributed by atoms with Crippen LogP contribution in [0, 0.1) is 0 Å². The molecule has 0 amide bonds. The second kappa shape index (κ2) is 6.14. The van der Waals surface area contributed by atoms with Gasteiger partial charge in [0.1, 0.15) is 0 Å². The zero-order valence-electron chi connectivity index (χ0n) is 10.00. The molecule has 0 aromatic rings. The molecule has 0 radical (unpaired) electrons. The van der Waals surface area contributed by atoms with Crippen LogP contribution in [0.4, 0.5) is 0 Å². The third kappa shape index (κ3) is 4.61. The number of hydrogen-bond donors (Lipinski definition) is 1. The van der Waals surface area contributed by atoms with Crippen LogP contribution in [-0.2, 0) is 28.9 Å². The Bertz CT molecular complexity index is 414. The van der Waals surface area contributed by atoms with Gasteiger partial charge in [0.15, 0.2) is 15.9 Å². The standard InChI is InChI=1S/C10H16O7S/c1-16-9(11)4-5-18(14,15)6-7-2-3-8(17-7)10(12)13/h7-8H,2-6H2,1H3,(H,12,13). The first-order valence-corrected chi connectivity index (χ1v) is 7.31. The number of esters is 1. The molecular weight excluding hydrogens is 264 g/mol. The first-order valence-electron chi connectivity index (χ1n) is 5.49. The van der Waals surface area contributed by atoms with Crippen LogP contribution in [0.15, 0.2) is 0 Å². The third-order valence-electron chi connectivity index (χ3n) is 2.67. The van der Waals surface area contributed by atoms with Crippen LogP contribution in [0.5, 0.6) is 0 Å². The predicted octanol–water partition coefficient (Wildman–Crippen LogP) is -0.403. The largest absolute Gasteiger partial charge is 0.479 e. The molecule has 0 aliphatic carbocycles. The van der Waals surface area contributed by atoms with Gasteiger partial charge in [-0.1, -0.05) is 0 Å². The number of ether oxygens (including phenoxy) is 2. The zero-order chi connectivity index (χ0) is 13.8. The minimum absolute atomic E-state index is 0.200. The Hall–Kier alpha value is -1.15. The third-order valence-corrected chi connectivity index (χ3v) is 4.37. The quantitative estimate of drug-likeness (QED) is 0.659. The number of carbonyl (C=O) groups excluding carboxylic acids is 1. The minimum atomic E-state index is -3.44. The number of hydrogen-bond acceptors (Lipinski definition) is 6. The van der Waals surface area contributed by atoms with Crippen molar-refractivity contribution in [3.05, 3.63) is 0 Å². The Labute approximate surface area is 105 Å². The van der Waals surface area contributed by atoms with Crippen LogP contribution in [0.3, 0.4) is 0 Å². The van der Waals surface area contributed by atoms with Crippen molar-refractivity contribution in [2.24, 2.45) is 0 Å². The van der Waals surface area contributed by atoms with E-state index in [9.17, 15) is 18.0 Å². The number of sulfone groups is 1. The lowest BCUT2D eigenvalue weighted by Crippen LogP contribution is -2.27. The number of carboxylic acid groups (broad SMARTS) is 1. The van der Waals surface area contributed by atoms with Crippen LogP contribution in [0.25, 0.3) is 0 Å². The van der Waals surface area contributed by atoms with Gasteiger partial charge in [-0.05, 0) is 12.8 Å². The zero-order valence-corrected chi connectivity index (χ0v) is 10.8. The van der Waals surface area contributed by atoms with E-state index in [1.54, 1.807) is 0 Å². The van der Waals surface area contributed by atoms with Crippen LogP contribution >= 0.6 is 0 Å². The molecular formula is C10H16O7S. The van der Waals surface area contributed by atoms with Gasteiger partial charge in [-0.15, -0.1) is 0 Å². The molecule has 1 rings (SSSR count). The van der Waals surface area contributed by atoms with E-state index in [0.29, 0.717) is 12.8 Å². The molecule has 2 unspecified atom stereocenters. The van der Waals surface area contributed by atoms with E-state index in [1.807, 2.05) is 0 Å². The van der Waals surface area contributed by atoms with Crippen LogP contribution < -0.4 is 0 Å². The second-order valence-electron chi connectivity index (χ2n) is 4.10. The topological polar surface area (TPSA) is 107 Å². The maximum Gasteiger partial charge on any atom is 0.332 e. The normalized spacial score (nSPS) is 23.8. The highest BCUT2D eigenvalue weighted by atomic mass is 32.2. The molecule has 1 aliphatic heterocycles. The lowest BCUT2D eigenvalue weighted by Gasteiger charge is -2.11. The van der Waals surface area contributed by atoms with Gasteiger partial charge in [-0.3, -0.25) is 4.79 Å². The Morgan fingerprint density at radius 2 is 2.06 bits per heavy atom. The van der Waals surface area contributed by atoms with Crippen molar-refractivity contribution in [1.82, 2.24) is 0 Å². The first kappa shape index (κ1) is 14.9. The molecule has 0 aromatic carbocycles. The van der Waals surface area contributed by atoms with Crippen molar-refractivity contribution in [2.45, 2.75) is 31.5 Å². The molecule has 104 valence electrons. The van der Waals surface area contributed by atoms with Gasteiger partial charge in [-0.2, -0.15) is 0 Å². The Morgan fingerprint density at radius 1 is 1.39 bits per heavy atom. The van der Waals surface area contributed by atoms with Gasteiger partial charge >= 0.3 is 11.9 Å². The van der Waals surface area contributed by atoms with E-state index in [4.69, 9.17) is 9.84 Å². The van der Waals surface area contributed by atoms with Crippen molar-refractivity contribution in [2.75, 3.05) is 18.6 Å². The highest BCUT2D eigenvalue weighted by molar-refractivity contribution is 7.91. The van der Waals surface area contributed by atoms with E-state index in [0.717, 1.165) is 0 Å². The average molecular weight is 280 g/mol. The Morgan fingerprint density at radius 3 is 2.56 bits per heavy atom. The van der Waals surface area contributed by atoms with Gasteiger partial charge in [0.05, 0.1) is 31.1 Å². The molecule has 1 N–H and O–H groups in total. The van der Waals surface area contributed by atoms with E-state index in [-0.39, 0.29) is 17.9 Å². The smallest absolute Gasteiger partial charge is 0.332 e. The van der Waals surface area contributed by atoms with Gasteiger partial charge < -0.3 is 14.6 Å². The van der Waals surface area contributed by atoms with Crippen molar-refractivity contribution >= 4 is 21.8 Å². The van der Waals surface area contributed by atoms with Crippen molar-refractivity contribution in [3.63, 3.8) is 0 Å². The molecule has 2 atom stereocenters. The van der Waals surface area contributed by atoms with E-state index >= 15 is 0 Å².